The first kappa shape index (κ1) is 6.99. The Hall–Kier alpha value is -0.120. The fourth-order valence-corrected chi connectivity index (χ4v) is 1.01. The van der Waals surface area contributed by atoms with E-state index in [9.17, 15) is 5.11 Å². The molecule has 3 N–H and O–H groups in total. The fourth-order valence-electron chi connectivity index (χ4n) is 1.01. The summed E-state index contributed by atoms with van der Waals surface area (Å²) in [6, 6.07) is -0.0891. The summed E-state index contributed by atoms with van der Waals surface area (Å²) in [6.45, 7) is 2.52. The lowest BCUT2D eigenvalue weighted by molar-refractivity contribution is -0.0739. The van der Waals surface area contributed by atoms with Crippen LogP contribution in [-0.4, -0.2) is 30.0 Å². The Bertz CT molecular complexity index is 87.1. The average molecular weight is 131 g/mol. The van der Waals surface area contributed by atoms with E-state index >= 15 is 0 Å². The molecule has 1 saturated heterocycles. The minimum Gasteiger partial charge on any atom is -0.389 e. The second kappa shape index (κ2) is 2.64. The van der Waals surface area contributed by atoms with Gasteiger partial charge in [0.1, 0.15) is 0 Å². The molecule has 3 heteroatoms. The highest BCUT2D eigenvalue weighted by Crippen LogP contribution is 2.11. The summed E-state index contributed by atoms with van der Waals surface area (Å²) >= 11 is 0. The molecule has 3 atom stereocenters. The smallest absolute Gasteiger partial charge is 0.0950 e. The van der Waals surface area contributed by atoms with Gasteiger partial charge in [0.2, 0.25) is 0 Å². The monoisotopic (exact) mass is 131 g/mol. The molecule has 0 aromatic rings. The van der Waals surface area contributed by atoms with Crippen molar-refractivity contribution in [1.82, 2.24) is 0 Å². The van der Waals surface area contributed by atoms with Crippen LogP contribution >= 0.6 is 0 Å². The van der Waals surface area contributed by atoms with Gasteiger partial charge < -0.3 is 15.6 Å². The molecule has 1 aliphatic heterocycles. The number of aliphatic hydroxyl groups is 1. The third-order valence-corrected chi connectivity index (χ3v) is 1.75. The van der Waals surface area contributed by atoms with Crippen molar-refractivity contribution in [2.24, 2.45) is 5.73 Å². The van der Waals surface area contributed by atoms with Crippen LogP contribution in [0.2, 0.25) is 0 Å². The van der Waals surface area contributed by atoms with Gasteiger partial charge in [0.25, 0.3) is 0 Å². The van der Waals surface area contributed by atoms with Crippen molar-refractivity contribution in [3.8, 4) is 0 Å². The van der Waals surface area contributed by atoms with Crippen LogP contribution in [0.5, 0.6) is 0 Å². The fraction of sp³-hybridized carbons (Fsp3) is 1.00. The summed E-state index contributed by atoms with van der Waals surface area (Å²) in [4.78, 5) is 0. The highest BCUT2D eigenvalue weighted by molar-refractivity contribution is 4.80. The third-order valence-electron chi connectivity index (χ3n) is 1.75. The van der Waals surface area contributed by atoms with Gasteiger partial charge in [0.05, 0.1) is 12.2 Å². The summed E-state index contributed by atoms with van der Waals surface area (Å²) < 4.78 is 5.13. The maximum Gasteiger partial charge on any atom is 0.0950 e. The number of hydrogen-bond donors (Lipinski definition) is 2. The maximum atomic E-state index is 9.20. The molecule has 0 aromatic carbocycles. The summed E-state index contributed by atoms with van der Waals surface area (Å²) in [5, 5.41) is 9.20. The summed E-state index contributed by atoms with van der Waals surface area (Å²) in [5.74, 6) is 0. The first-order chi connectivity index (χ1) is 4.22. The van der Waals surface area contributed by atoms with E-state index in [0.29, 0.717) is 6.61 Å². The lowest BCUT2D eigenvalue weighted by atomic mass is 10.0. The van der Waals surface area contributed by atoms with E-state index < -0.39 is 6.10 Å². The summed E-state index contributed by atoms with van der Waals surface area (Å²) in [6.07, 6.45) is 0.207. The minimum atomic E-state index is -0.473. The van der Waals surface area contributed by atoms with Gasteiger partial charge in [0, 0.05) is 12.6 Å². The molecule has 3 nitrogen and oxygen atoms in total. The van der Waals surface area contributed by atoms with Gasteiger partial charge in [-0.25, -0.2) is 0 Å². The zero-order valence-electron chi connectivity index (χ0n) is 5.58. The zero-order chi connectivity index (χ0) is 6.85. The van der Waals surface area contributed by atoms with Crippen LogP contribution in [0.15, 0.2) is 0 Å². The predicted molar refractivity (Wildman–Crippen MR) is 34.0 cm³/mol. The maximum absolute atomic E-state index is 9.20. The molecule has 9 heavy (non-hydrogen) atoms. The van der Waals surface area contributed by atoms with Gasteiger partial charge in [-0.05, 0) is 13.3 Å². The molecule has 1 rings (SSSR count). The molecule has 0 amide bonds. The SMILES string of the molecule is C[C@@H]1OCCC(N)C1O. The molecule has 0 aromatic heterocycles. The van der Waals surface area contributed by atoms with Crippen LogP contribution in [0.3, 0.4) is 0 Å². The van der Waals surface area contributed by atoms with Crippen LogP contribution < -0.4 is 5.73 Å². The number of ether oxygens (including phenoxy) is 1. The van der Waals surface area contributed by atoms with Crippen molar-refractivity contribution in [2.45, 2.75) is 31.6 Å². The van der Waals surface area contributed by atoms with Gasteiger partial charge in [-0.2, -0.15) is 0 Å². The molecule has 0 aliphatic carbocycles. The highest BCUT2D eigenvalue weighted by atomic mass is 16.5. The minimum absolute atomic E-state index is 0.0891. The Morgan fingerprint density at radius 3 is 2.78 bits per heavy atom. The molecular formula is C6H13NO2. The van der Waals surface area contributed by atoms with E-state index in [-0.39, 0.29) is 12.1 Å². The Morgan fingerprint density at radius 1 is 1.67 bits per heavy atom. The largest absolute Gasteiger partial charge is 0.389 e. The Morgan fingerprint density at radius 2 is 2.33 bits per heavy atom. The van der Waals surface area contributed by atoms with Gasteiger partial charge in [-0.1, -0.05) is 0 Å². The zero-order valence-corrected chi connectivity index (χ0v) is 5.58. The molecular weight excluding hydrogens is 118 g/mol. The summed E-state index contributed by atoms with van der Waals surface area (Å²) in [5.41, 5.74) is 5.54. The molecule has 1 fully saturated rings. The normalized spacial score (nSPS) is 45.0. The third kappa shape index (κ3) is 1.41. The second-order valence-corrected chi connectivity index (χ2v) is 2.52. The average Bonchev–Trinajstić information content (AvgIpc) is 1.83. The van der Waals surface area contributed by atoms with Gasteiger partial charge >= 0.3 is 0 Å². The number of nitrogens with two attached hydrogens (primary N) is 1. The molecule has 0 saturated carbocycles. The van der Waals surface area contributed by atoms with Crippen LogP contribution in [0.4, 0.5) is 0 Å². The molecule has 0 spiro atoms. The molecule has 2 unspecified atom stereocenters. The number of hydrogen-bond acceptors (Lipinski definition) is 3. The van der Waals surface area contributed by atoms with Crippen LogP contribution in [0, 0.1) is 0 Å². The van der Waals surface area contributed by atoms with E-state index in [2.05, 4.69) is 0 Å². The Balaban J connectivity index is 2.41. The van der Waals surface area contributed by atoms with E-state index in [1.54, 1.807) is 0 Å². The first-order valence-corrected chi connectivity index (χ1v) is 3.27. The molecule has 0 bridgehead atoms. The van der Waals surface area contributed by atoms with Crippen LogP contribution in [0.1, 0.15) is 13.3 Å². The van der Waals surface area contributed by atoms with Crippen LogP contribution in [-0.2, 0) is 4.74 Å². The Labute approximate surface area is 54.8 Å². The van der Waals surface area contributed by atoms with Crippen LogP contribution in [0.25, 0.3) is 0 Å². The van der Waals surface area contributed by atoms with Crippen molar-refractivity contribution in [2.75, 3.05) is 6.61 Å². The van der Waals surface area contributed by atoms with Crippen molar-refractivity contribution < 1.29 is 9.84 Å². The van der Waals surface area contributed by atoms with Crippen molar-refractivity contribution in [3.05, 3.63) is 0 Å². The van der Waals surface area contributed by atoms with E-state index in [0.717, 1.165) is 6.42 Å². The molecule has 0 radical (unpaired) electrons. The predicted octanol–water partition coefficient (Wildman–Crippen LogP) is -0.517. The van der Waals surface area contributed by atoms with Crippen molar-refractivity contribution in [1.29, 1.82) is 0 Å². The topological polar surface area (TPSA) is 55.5 Å². The second-order valence-electron chi connectivity index (χ2n) is 2.52. The quantitative estimate of drug-likeness (QED) is 0.465. The van der Waals surface area contributed by atoms with Crippen molar-refractivity contribution >= 4 is 0 Å². The molecule has 54 valence electrons. The summed E-state index contributed by atoms with van der Waals surface area (Å²) in [7, 11) is 0. The van der Waals surface area contributed by atoms with Gasteiger partial charge in [-0.15, -0.1) is 0 Å². The van der Waals surface area contributed by atoms with Gasteiger partial charge in [-0.3, -0.25) is 0 Å². The van der Waals surface area contributed by atoms with Crippen molar-refractivity contribution in [3.63, 3.8) is 0 Å². The lowest BCUT2D eigenvalue weighted by Crippen LogP contribution is -2.47. The number of rotatable bonds is 0. The molecule has 1 heterocycles. The standard InChI is InChI=1S/C6H13NO2/c1-4-6(8)5(7)2-3-9-4/h4-6,8H,2-3,7H2,1H3/t4-,5?,6?/m0/s1. The number of aliphatic hydroxyl groups excluding tert-OH is 1. The Kier molecular flexibility index (Phi) is 2.05. The first-order valence-electron chi connectivity index (χ1n) is 3.27. The molecule has 1 aliphatic rings. The van der Waals surface area contributed by atoms with E-state index in [1.165, 1.54) is 0 Å². The van der Waals surface area contributed by atoms with E-state index in [1.807, 2.05) is 6.92 Å². The highest BCUT2D eigenvalue weighted by Gasteiger charge is 2.26. The van der Waals surface area contributed by atoms with E-state index in [4.69, 9.17) is 10.5 Å². The van der Waals surface area contributed by atoms with Gasteiger partial charge in [0.15, 0.2) is 0 Å². The lowest BCUT2D eigenvalue weighted by Gasteiger charge is -2.30.